The highest BCUT2D eigenvalue weighted by Gasteiger charge is 2.34. The number of likely N-dealkylation sites (N-methyl/N-ethyl adjacent to an activating group) is 1. The SMILES string of the molecule is CCN1CCO[C@@H](CNCc2ccc(COC)o2)[C@@H]1c1cncn1C. The lowest BCUT2D eigenvalue weighted by molar-refractivity contribution is -0.0717. The second-order valence-corrected chi connectivity index (χ2v) is 6.34. The van der Waals surface area contributed by atoms with E-state index in [0.717, 1.165) is 37.8 Å². The largest absolute Gasteiger partial charge is 0.462 e. The molecule has 0 aliphatic carbocycles. The number of rotatable bonds is 8. The molecule has 1 aliphatic heterocycles. The van der Waals surface area contributed by atoms with Crippen molar-refractivity contribution in [2.45, 2.75) is 32.2 Å². The van der Waals surface area contributed by atoms with E-state index in [1.54, 1.807) is 7.11 Å². The molecule has 7 nitrogen and oxygen atoms in total. The van der Waals surface area contributed by atoms with Gasteiger partial charge in [0.05, 0.1) is 37.3 Å². The van der Waals surface area contributed by atoms with E-state index >= 15 is 0 Å². The van der Waals surface area contributed by atoms with Gasteiger partial charge in [0.15, 0.2) is 0 Å². The Balaban J connectivity index is 1.61. The zero-order valence-electron chi connectivity index (χ0n) is 15.3. The fourth-order valence-electron chi connectivity index (χ4n) is 3.42. The van der Waals surface area contributed by atoms with Crippen molar-refractivity contribution in [1.29, 1.82) is 0 Å². The summed E-state index contributed by atoms with van der Waals surface area (Å²) in [5.74, 6) is 1.76. The third-order valence-electron chi connectivity index (χ3n) is 4.67. The van der Waals surface area contributed by atoms with Gasteiger partial charge >= 0.3 is 0 Å². The minimum absolute atomic E-state index is 0.0810. The standard InChI is InChI=1S/C18H28N4O3/c1-4-22-7-8-24-17(18(22)16-10-20-13-21(16)2)11-19-9-14-5-6-15(25-14)12-23-3/h5-6,10,13,17-19H,4,7-9,11-12H2,1-3H3/t17-,18-/m0/s1. The van der Waals surface area contributed by atoms with E-state index in [4.69, 9.17) is 13.9 Å². The normalized spacial score (nSPS) is 21.7. The Morgan fingerprint density at radius 1 is 1.36 bits per heavy atom. The molecular weight excluding hydrogens is 320 g/mol. The first kappa shape index (κ1) is 18.1. The number of morpholine rings is 1. The van der Waals surface area contributed by atoms with Crippen LogP contribution in [0.4, 0.5) is 0 Å². The van der Waals surface area contributed by atoms with Gasteiger partial charge in [-0.25, -0.2) is 4.98 Å². The van der Waals surface area contributed by atoms with E-state index in [1.165, 1.54) is 5.69 Å². The molecule has 0 saturated carbocycles. The van der Waals surface area contributed by atoms with Crippen molar-refractivity contribution >= 4 is 0 Å². The molecule has 2 aromatic rings. The molecule has 0 unspecified atom stereocenters. The highest BCUT2D eigenvalue weighted by atomic mass is 16.5. The number of aryl methyl sites for hydroxylation is 1. The Hall–Kier alpha value is -1.67. The van der Waals surface area contributed by atoms with Crippen LogP contribution >= 0.6 is 0 Å². The van der Waals surface area contributed by atoms with Crippen molar-refractivity contribution < 1.29 is 13.9 Å². The average molecular weight is 348 g/mol. The lowest BCUT2D eigenvalue weighted by Gasteiger charge is -2.40. The number of nitrogens with zero attached hydrogens (tertiary/aromatic N) is 3. The minimum Gasteiger partial charge on any atom is -0.462 e. The van der Waals surface area contributed by atoms with Crippen molar-refractivity contribution in [2.24, 2.45) is 7.05 Å². The van der Waals surface area contributed by atoms with Crippen LogP contribution in [0.3, 0.4) is 0 Å². The molecule has 0 bridgehead atoms. The predicted octanol–water partition coefficient (Wildman–Crippen LogP) is 1.71. The zero-order chi connectivity index (χ0) is 17.6. The number of hydrogen-bond acceptors (Lipinski definition) is 6. The smallest absolute Gasteiger partial charge is 0.129 e. The molecule has 1 aliphatic rings. The molecule has 25 heavy (non-hydrogen) atoms. The summed E-state index contributed by atoms with van der Waals surface area (Å²) in [6.07, 6.45) is 3.87. The Morgan fingerprint density at radius 3 is 2.92 bits per heavy atom. The zero-order valence-corrected chi connectivity index (χ0v) is 15.3. The Kier molecular flexibility index (Phi) is 6.25. The van der Waals surface area contributed by atoms with Crippen molar-refractivity contribution in [2.75, 3.05) is 33.4 Å². The summed E-state index contributed by atoms with van der Waals surface area (Å²) in [5.41, 5.74) is 1.19. The van der Waals surface area contributed by atoms with E-state index in [-0.39, 0.29) is 12.1 Å². The molecule has 0 spiro atoms. The van der Waals surface area contributed by atoms with Crippen molar-refractivity contribution in [3.63, 3.8) is 0 Å². The molecule has 0 amide bonds. The molecule has 1 N–H and O–H groups in total. The maximum atomic E-state index is 6.09. The van der Waals surface area contributed by atoms with Gasteiger partial charge in [0.2, 0.25) is 0 Å². The molecule has 0 aromatic carbocycles. The van der Waals surface area contributed by atoms with Crippen molar-refractivity contribution in [3.8, 4) is 0 Å². The maximum absolute atomic E-state index is 6.09. The Labute approximate surface area is 148 Å². The summed E-state index contributed by atoms with van der Waals surface area (Å²) in [5, 5.41) is 3.47. The second kappa shape index (κ2) is 8.62. The summed E-state index contributed by atoms with van der Waals surface area (Å²) < 4.78 is 19.0. The molecule has 1 fully saturated rings. The third kappa shape index (κ3) is 4.30. The molecular formula is C18H28N4O3. The van der Waals surface area contributed by atoms with E-state index in [2.05, 4.69) is 26.7 Å². The van der Waals surface area contributed by atoms with Crippen LogP contribution in [0, 0.1) is 0 Å². The van der Waals surface area contributed by atoms with Crippen LogP contribution in [-0.2, 0) is 29.7 Å². The maximum Gasteiger partial charge on any atom is 0.129 e. The first-order valence-electron chi connectivity index (χ1n) is 8.82. The van der Waals surface area contributed by atoms with E-state index in [1.807, 2.05) is 31.7 Å². The fraction of sp³-hybridized carbons (Fsp3) is 0.611. The number of hydrogen-bond donors (Lipinski definition) is 1. The van der Waals surface area contributed by atoms with Gasteiger partial charge in [-0.1, -0.05) is 6.92 Å². The predicted molar refractivity (Wildman–Crippen MR) is 94.1 cm³/mol. The topological polar surface area (TPSA) is 64.7 Å². The number of ether oxygens (including phenoxy) is 2. The summed E-state index contributed by atoms with van der Waals surface area (Å²) in [6, 6.07) is 4.15. The number of methoxy groups -OCH3 is 1. The first-order valence-corrected chi connectivity index (χ1v) is 8.82. The molecule has 2 aromatic heterocycles. The summed E-state index contributed by atoms with van der Waals surface area (Å²) in [4.78, 5) is 6.74. The molecule has 3 rings (SSSR count). The third-order valence-corrected chi connectivity index (χ3v) is 4.67. The molecule has 1 saturated heterocycles. The molecule has 0 radical (unpaired) electrons. The van der Waals surface area contributed by atoms with Gasteiger partial charge < -0.3 is 23.8 Å². The van der Waals surface area contributed by atoms with E-state index in [9.17, 15) is 0 Å². The number of imidazole rings is 1. The van der Waals surface area contributed by atoms with Crippen LogP contribution in [-0.4, -0.2) is 53.9 Å². The quantitative estimate of drug-likeness (QED) is 0.784. The molecule has 2 atom stereocenters. The minimum atomic E-state index is 0.0810. The van der Waals surface area contributed by atoms with Gasteiger partial charge in [-0.3, -0.25) is 4.90 Å². The Bertz CT molecular complexity index is 654. The van der Waals surface area contributed by atoms with Gasteiger partial charge in [0.1, 0.15) is 18.1 Å². The monoisotopic (exact) mass is 348 g/mol. The van der Waals surface area contributed by atoms with E-state index < -0.39 is 0 Å². The molecule has 138 valence electrons. The van der Waals surface area contributed by atoms with Gasteiger partial charge in [-0.05, 0) is 18.7 Å². The van der Waals surface area contributed by atoms with Gasteiger partial charge in [0.25, 0.3) is 0 Å². The van der Waals surface area contributed by atoms with Crippen LogP contribution in [0.5, 0.6) is 0 Å². The van der Waals surface area contributed by atoms with Gasteiger partial charge in [-0.2, -0.15) is 0 Å². The number of nitrogens with one attached hydrogen (secondary N) is 1. The van der Waals surface area contributed by atoms with Crippen molar-refractivity contribution in [3.05, 3.63) is 41.9 Å². The van der Waals surface area contributed by atoms with Crippen LogP contribution in [0.25, 0.3) is 0 Å². The Morgan fingerprint density at radius 2 is 2.20 bits per heavy atom. The molecule has 7 heteroatoms. The van der Waals surface area contributed by atoms with Crippen LogP contribution in [0.1, 0.15) is 30.2 Å². The summed E-state index contributed by atoms with van der Waals surface area (Å²) >= 11 is 0. The van der Waals surface area contributed by atoms with Crippen molar-refractivity contribution in [1.82, 2.24) is 19.8 Å². The lowest BCUT2D eigenvalue weighted by Crippen LogP contribution is -2.49. The summed E-state index contributed by atoms with van der Waals surface area (Å²) in [6.45, 7) is 6.82. The van der Waals surface area contributed by atoms with Crippen LogP contribution < -0.4 is 5.32 Å². The highest BCUT2D eigenvalue weighted by molar-refractivity contribution is 5.10. The van der Waals surface area contributed by atoms with Gasteiger partial charge in [-0.15, -0.1) is 0 Å². The van der Waals surface area contributed by atoms with Crippen LogP contribution in [0.15, 0.2) is 29.1 Å². The first-order chi connectivity index (χ1) is 12.2. The van der Waals surface area contributed by atoms with Crippen LogP contribution in [0.2, 0.25) is 0 Å². The highest BCUT2D eigenvalue weighted by Crippen LogP contribution is 2.28. The summed E-state index contributed by atoms with van der Waals surface area (Å²) in [7, 11) is 3.70. The average Bonchev–Trinajstić information content (AvgIpc) is 3.24. The van der Waals surface area contributed by atoms with Gasteiger partial charge in [0, 0.05) is 33.4 Å². The lowest BCUT2D eigenvalue weighted by atomic mass is 10.0. The second-order valence-electron chi connectivity index (χ2n) is 6.34. The number of aromatic nitrogens is 2. The van der Waals surface area contributed by atoms with E-state index in [0.29, 0.717) is 13.2 Å². The fourth-order valence-corrected chi connectivity index (χ4v) is 3.42. The number of furan rings is 1. The molecule has 3 heterocycles.